The van der Waals surface area contributed by atoms with E-state index in [2.05, 4.69) is 0 Å². The van der Waals surface area contributed by atoms with Crippen LogP contribution in [0, 0.1) is 10.1 Å². The molecule has 10 heteroatoms. The van der Waals surface area contributed by atoms with Gasteiger partial charge in [-0.3, -0.25) is 19.3 Å². The first-order valence-corrected chi connectivity index (χ1v) is 9.80. The van der Waals surface area contributed by atoms with Crippen molar-refractivity contribution in [3.63, 3.8) is 0 Å². The van der Waals surface area contributed by atoms with Crippen LogP contribution in [0.5, 0.6) is 0 Å². The Bertz CT molecular complexity index is 943. The first-order valence-electron chi connectivity index (χ1n) is 7.95. The first-order chi connectivity index (χ1) is 12.6. The molecule has 0 spiro atoms. The molecule has 1 amide bonds. The third kappa shape index (κ3) is 4.73. The lowest BCUT2D eigenvalue weighted by Gasteiger charge is -2.26. The van der Waals surface area contributed by atoms with Crippen molar-refractivity contribution < 1.29 is 23.2 Å². The molecule has 0 saturated carbocycles. The van der Waals surface area contributed by atoms with Gasteiger partial charge in [-0.15, -0.1) is 0 Å². The van der Waals surface area contributed by atoms with Crippen molar-refractivity contribution in [2.24, 2.45) is 0 Å². The molecule has 0 aliphatic heterocycles. The van der Waals surface area contributed by atoms with Gasteiger partial charge in [0.05, 0.1) is 23.4 Å². The van der Waals surface area contributed by atoms with Gasteiger partial charge in [-0.05, 0) is 30.7 Å². The van der Waals surface area contributed by atoms with E-state index in [1.807, 2.05) is 0 Å². The summed E-state index contributed by atoms with van der Waals surface area (Å²) in [4.78, 5) is 22.9. The van der Waals surface area contributed by atoms with Crippen molar-refractivity contribution in [1.82, 2.24) is 0 Å². The summed E-state index contributed by atoms with van der Waals surface area (Å²) in [5.74, 6) is 0. The zero-order chi connectivity index (χ0) is 20.2. The van der Waals surface area contributed by atoms with Gasteiger partial charge in [0.2, 0.25) is 10.0 Å². The molecule has 144 valence electrons. The number of nitrogens with zero attached hydrogens (tertiary/aromatic N) is 3. The molecule has 0 atom stereocenters. The number of rotatable bonds is 7. The molecule has 0 fully saturated rings. The molecule has 0 aliphatic carbocycles. The van der Waals surface area contributed by atoms with E-state index in [-0.39, 0.29) is 24.5 Å². The molecule has 0 radical (unpaired) electrons. The number of sulfonamides is 1. The van der Waals surface area contributed by atoms with E-state index in [1.54, 1.807) is 31.2 Å². The second kappa shape index (κ2) is 8.04. The van der Waals surface area contributed by atoms with E-state index in [1.165, 1.54) is 28.6 Å². The largest absolute Gasteiger partial charge is 0.465 e. The quantitative estimate of drug-likeness (QED) is 0.570. The van der Waals surface area contributed by atoms with Gasteiger partial charge in [0.1, 0.15) is 0 Å². The first kappa shape index (κ1) is 20.2. The SMILES string of the molecule is CCN(c1ccccc1CN(C(=O)O)c1ccc([N+](=O)[O-])cc1)S(C)(=O)=O. The fraction of sp³-hybridized carbons (Fsp3) is 0.235. The number of carboxylic acid groups (broad SMARTS) is 1. The maximum Gasteiger partial charge on any atom is 0.412 e. The molecule has 9 nitrogen and oxygen atoms in total. The Hall–Kier alpha value is -3.14. The van der Waals surface area contributed by atoms with E-state index < -0.39 is 21.0 Å². The highest BCUT2D eigenvalue weighted by molar-refractivity contribution is 7.92. The number of hydrogen-bond acceptors (Lipinski definition) is 5. The zero-order valence-electron chi connectivity index (χ0n) is 14.8. The second-order valence-electron chi connectivity index (χ2n) is 5.70. The van der Waals surface area contributed by atoms with Crippen molar-refractivity contribution in [3.05, 3.63) is 64.2 Å². The molecule has 0 unspecified atom stereocenters. The molecule has 0 saturated heterocycles. The monoisotopic (exact) mass is 393 g/mol. The number of nitro benzene ring substituents is 1. The molecular weight excluding hydrogens is 374 g/mol. The van der Waals surface area contributed by atoms with Gasteiger partial charge >= 0.3 is 6.09 Å². The van der Waals surface area contributed by atoms with Crippen LogP contribution < -0.4 is 9.21 Å². The summed E-state index contributed by atoms with van der Waals surface area (Å²) in [6.07, 6.45) is -0.181. The number of non-ortho nitro benzene ring substituents is 1. The molecule has 0 bridgehead atoms. The predicted octanol–water partition coefficient (Wildman–Crippen LogP) is 3.07. The topological polar surface area (TPSA) is 121 Å². The Morgan fingerprint density at radius 3 is 2.22 bits per heavy atom. The Kier molecular flexibility index (Phi) is 6.01. The van der Waals surface area contributed by atoms with Gasteiger partial charge < -0.3 is 5.11 Å². The van der Waals surface area contributed by atoms with Crippen LogP contribution in [-0.4, -0.2) is 37.3 Å². The van der Waals surface area contributed by atoms with E-state index >= 15 is 0 Å². The number of carbonyl (C=O) groups is 1. The van der Waals surface area contributed by atoms with Gasteiger partial charge in [0.15, 0.2) is 0 Å². The molecule has 0 aromatic heterocycles. The zero-order valence-corrected chi connectivity index (χ0v) is 15.6. The third-order valence-electron chi connectivity index (χ3n) is 3.88. The molecule has 2 rings (SSSR count). The summed E-state index contributed by atoms with van der Waals surface area (Å²) in [5.41, 5.74) is 0.963. The minimum Gasteiger partial charge on any atom is -0.465 e. The minimum absolute atomic E-state index is 0.116. The lowest BCUT2D eigenvalue weighted by Crippen LogP contribution is -2.33. The summed E-state index contributed by atoms with van der Waals surface area (Å²) in [5, 5.41) is 20.3. The summed E-state index contributed by atoms with van der Waals surface area (Å²) in [6, 6.07) is 11.7. The van der Waals surface area contributed by atoms with Crippen molar-refractivity contribution in [2.45, 2.75) is 13.5 Å². The van der Waals surface area contributed by atoms with Gasteiger partial charge in [0.25, 0.3) is 5.69 Å². The lowest BCUT2D eigenvalue weighted by atomic mass is 10.1. The summed E-state index contributed by atoms with van der Waals surface area (Å²) >= 11 is 0. The average molecular weight is 393 g/mol. The van der Waals surface area contributed by atoms with Crippen LogP contribution in [0.1, 0.15) is 12.5 Å². The highest BCUT2D eigenvalue weighted by atomic mass is 32.2. The van der Waals surface area contributed by atoms with Gasteiger partial charge in [-0.1, -0.05) is 18.2 Å². The smallest absolute Gasteiger partial charge is 0.412 e. The molecule has 2 aromatic rings. The molecule has 1 N–H and O–H groups in total. The number of anilines is 2. The highest BCUT2D eigenvalue weighted by Gasteiger charge is 2.22. The second-order valence-corrected chi connectivity index (χ2v) is 7.61. The van der Waals surface area contributed by atoms with Crippen LogP contribution in [0.2, 0.25) is 0 Å². The number of para-hydroxylation sites is 1. The number of nitro groups is 1. The lowest BCUT2D eigenvalue weighted by molar-refractivity contribution is -0.384. The van der Waals surface area contributed by atoms with Crippen molar-refractivity contribution in [2.75, 3.05) is 22.0 Å². The van der Waals surface area contributed by atoms with E-state index in [0.29, 0.717) is 11.3 Å². The fourth-order valence-electron chi connectivity index (χ4n) is 2.67. The number of hydrogen-bond donors (Lipinski definition) is 1. The van der Waals surface area contributed by atoms with Crippen LogP contribution in [0.15, 0.2) is 48.5 Å². The van der Waals surface area contributed by atoms with E-state index in [4.69, 9.17) is 0 Å². The van der Waals surface area contributed by atoms with Crippen molar-refractivity contribution in [1.29, 1.82) is 0 Å². The maximum atomic E-state index is 12.0. The Morgan fingerprint density at radius 1 is 1.15 bits per heavy atom. The Balaban J connectivity index is 2.43. The summed E-state index contributed by atoms with van der Waals surface area (Å²) in [6.45, 7) is 1.76. The van der Waals surface area contributed by atoms with Crippen molar-refractivity contribution >= 4 is 33.2 Å². The van der Waals surface area contributed by atoms with Crippen LogP contribution in [-0.2, 0) is 16.6 Å². The normalized spacial score (nSPS) is 11.0. The standard InChI is InChI=1S/C17H19N3O6S/c1-3-19(27(2,25)26)16-7-5-4-6-13(16)12-18(17(21)22)14-8-10-15(11-9-14)20(23)24/h4-11H,3,12H2,1-2H3,(H,21,22). The van der Waals surface area contributed by atoms with Crippen LogP contribution >= 0.6 is 0 Å². The summed E-state index contributed by atoms with van der Waals surface area (Å²) in [7, 11) is -3.53. The van der Waals surface area contributed by atoms with Crippen molar-refractivity contribution in [3.8, 4) is 0 Å². The molecule has 2 aromatic carbocycles. The average Bonchev–Trinajstić information content (AvgIpc) is 2.60. The van der Waals surface area contributed by atoms with Gasteiger partial charge in [-0.25, -0.2) is 13.2 Å². The summed E-state index contributed by atoms with van der Waals surface area (Å²) < 4.78 is 25.3. The van der Waals surface area contributed by atoms with Gasteiger partial charge in [0, 0.05) is 24.4 Å². The van der Waals surface area contributed by atoms with E-state index in [9.17, 15) is 28.4 Å². The molecule has 27 heavy (non-hydrogen) atoms. The number of amides is 1. The van der Waals surface area contributed by atoms with E-state index in [0.717, 1.165) is 11.2 Å². The Labute approximate surface area is 156 Å². The van der Waals surface area contributed by atoms with Crippen LogP contribution in [0.3, 0.4) is 0 Å². The fourth-order valence-corrected chi connectivity index (χ4v) is 3.67. The highest BCUT2D eigenvalue weighted by Crippen LogP contribution is 2.27. The van der Waals surface area contributed by atoms with Crippen LogP contribution in [0.25, 0.3) is 0 Å². The molecular formula is C17H19N3O6S. The minimum atomic E-state index is -3.53. The molecule has 0 aliphatic rings. The maximum absolute atomic E-state index is 12.0. The predicted molar refractivity (Wildman–Crippen MR) is 102 cm³/mol. The van der Waals surface area contributed by atoms with Crippen LogP contribution in [0.4, 0.5) is 21.9 Å². The third-order valence-corrected chi connectivity index (χ3v) is 5.13. The Morgan fingerprint density at radius 2 is 1.74 bits per heavy atom. The molecule has 0 heterocycles. The number of benzene rings is 2. The van der Waals surface area contributed by atoms with Gasteiger partial charge in [-0.2, -0.15) is 0 Å².